The molecule has 4 aliphatic rings. The smallest absolute Gasteiger partial charge is 0.244 e. The number of ether oxygens (including phenoxy) is 2. The van der Waals surface area contributed by atoms with Crippen molar-refractivity contribution in [3.05, 3.63) is 112 Å². The Labute approximate surface area is 255 Å². The second-order valence-corrected chi connectivity index (χ2v) is 12.9. The van der Waals surface area contributed by atoms with E-state index in [1.807, 2.05) is 36.4 Å². The first kappa shape index (κ1) is 29.0. The van der Waals surface area contributed by atoms with Crippen LogP contribution in [0.15, 0.2) is 89.8 Å². The molecule has 0 radical (unpaired) electrons. The number of amides is 1. The maximum Gasteiger partial charge on any atom is 0.244 e. The lowest BCUT2D eigenvalue weighted by Gasteiger charge is -2.37. The Balaban J connectivity index is 1.41. The summed E-state index contributed by atoms with van der Waals surface area (Å²) in [7, 11) is -3.91. The number of carbonyl (C=O) groups is 1. The van der Waals surface area contributed by atoms with E-state index in [0.29, 0.717) is 55.4 Å². The van der Waals surface area contributed by atoms with Gasteiger partial charge in [0.2, 0.25) is 15.9 Å². The monoisotopic (exact) mass is 618 g/mol. The summed E-state index contributed by atoms with van der Waals surface area (Å²) in [6.45, 7) is 1.15. The van der Waals surface area contributed by atoms with Gasteiger partial charge >= 0.3 is 0 Å². The van der Waals surface area contributed by atoms with Crippen molar-refractivity contribution in [1.29, 1.82) is 0 Å². The van der Waals surface area contributed by atoms with Crippen LogP contribution in [-0.4, -0.2) is 43.4 Å². The van der Waals surface area contributed by atoms with Crippen molar-refractivity contribution in [2.45, 2.75) is 36.6 Å². The molecule has 4 aromatic carbocycles. The van der Waals surface area contributed by atoms with Crippen LogP contribution in [0.1, 0.15) is 41.1 Å². The molecule has 0 spiro atoms. The summed E-state index contributed by atoms with van der Waals surface area (Å²) >= 11 is 6.18. The molecule has 1 unspecified atom stereocenters. The molecule has 0 aromatic heterocycles. The van der Waals surface area contributed by atoms with Gasteiger partial charge in [0.05, 0.1) is 17.5 Å². The number of nitrogens with one attached hydrogen (secondary N) is 1. The highest BCUT2D eigenvalue weighted by molar-refractivity contribution is 7.89. The van der Waals surface area contributed by atoms with Gasteiger partial charge in [0.1, 0.15) is 11.5 Å². The zero-order chi connectivity index (χ0) is 30.0. The number of aryl methyl sites for hydroxylation is 1. The van der Waals surface area contributed by atoms with E-state index in [4.69, 9.17) is 21.1 Å². The summed E-state index contributed by atoms with van der Waals surface area (Å²) in [5.74, 6) is 1.38. The largest absolute Gasteiger partial charge is 0.504 e. The molecule has 4 heterocycles. The lowest BCUT2D eigenvalue weighted by atomic mass is 9.89. The molecule has 0 aliphatic carbocycles. The number of phenolic OH excluding ortho intramolecular Hbond substituents is 1. The van der Waals surface area contributed by atoms with Crippen LogP contribution in [0.5, 0.6) is 23.0 Å². The number of hydrogen-bond acceptors (Lipinski definition) is 6. The predicted octanol–water partition coefficient (Wildman–Crippen LogP) is 6.01. The molecule has 0 saturated heterocycles. The molecule has 0 saturated carbocycles. The second-order valence-electron chi connectivity index (χ2n) is 10.6. The summed E-state index contributed by atoms with van der Waals surface area (Å²) in [5.41, 5.74) is 3.43. The number of sulfonamides is 1. The first-order valence-electron chi connectivity index (χ1n) is 14.2. The van der Waals surface area contributed by atoms with Crippen molar-refractivity contribution >= 4 is 27.5 Å². The van der Waals surface area contributed by atoms with Crippen LogP contribution in [0.4, 0.5) is 0 Å². The number of aromatic hydroxyl groups is 1. The van der Waals surface area contributed by atoms with Gasteiger partial charge in [0.25, 0.3) is 0 Å². The number of hydrogen-bond donors (Lipinski definition) is 2. The first-order chi connectivity index (χ1) is 20.8. The fraction of sp³-hybridized carbons (Fsp3) is 0.242. The van der Waals surface area contributed by atoms with E-state index in [0.717, 1.165) is 22.3 Å². The van der Waals surface area contributed by atoms with Crippen LogP contribution >= 0.6 is 11.6 Å². The standard InChI is InChI=1S/C33H31ClN2O6S/c34-25-3-1-4-28(21-25)43(39,40)36-17-15-24-20-27-11-12-29(24)33(36)23-7-9-26(10-8-23)41-18-2-16-35-32(38)14-6-22-5-13-30(37)31(19-22)42-27/h1,3-5,7-13,19-21,33,37H,2,6,14-18H2,(H,35,38). The van der Waals surface area contributed by atoms with Crippen LogP contribution in [0.2, 0.25) is 5.02 Å². The van der Waals surface area contributed by atoms with Crippen LogP contribution in [0.25, 0.3) is 0 Å². The van der Waals surface area contributed by atoms with Crippen molar-refractivity contribution in [2.24, 2.45) is 0 Å². The topological polar surface area (TPSA) is 105 Å². The Bertz CT molecular complexity index is 1760. The molecule has 2 N–H and O–H groups in total. The highest BCUT2D eigenvalue weighted by Gasteiger charge is 2.37. The van der Waals surface area contributed by atoms with Gasteiger partial charge in [-0.25, -0.2) is 8.42 Å². The molecule has 4 aliphatic heterocycles. The number of fused-ring (bicyclic) bond motifs is 1. The van der Waals surface area contributed by atoms with Gasteiger partial charge in [0, 0.05) is 24.5 Å². The molecule has 1 amide bonds. The fourth-order valence-electron chi connectivity index (χ4n) is 5.52. The first-order valence-corrected chi connectivity index (χ1v) is 16.0. The Morgan fingerprint density at radius 2 is 1.72 bits per heavy atom. The van der Waals surface area contributed by atoms with E-state index in [1.54, 1.807) is 42.5 Å². The minimum absolute atomic E-state index is 0.0129. The summed E-state index contributed by atoms with van der Waals surface area (Å²) < 4.78 is 41.5. The quantitative estimate of drug-likeness (QED) is 0.285. The Kier molecular flexibility index (Phi) is 8.30. The third kappa shape index (κ3) is 6.34. The van der Waals surface area contributed by atoms with Crippen molar-refractivity contribution in [2.75, 3.05) is 19.7 Å². The number of carbonyl (C=O) groups excluding carboxylic acids is 1. The summed E-state index contributed by atoms with van der Waals surface area (Å²) in [6, 6.07) is 23.8. The Morgan fingerprint density at radius 3 is 2.53 bits per heavy atom. The maximum atomic E-state index is 14.0. The molecule has 8 bridgehead atoms. The normalized spacial score (nSPS) is 17.8. The maximum absolute atomic E-state index is 14.0. The third-order valence-electron chi connectivity index (χ3n) is 7.70. The van der Waals surface area contributed by atoms with Crippen molar-refractivity contribution in [1.82, 2.24) is 9.62 Å². The number of nitrogens with zero attached hydrogens (tertiary/aromatic N) is 1. The van der Waals surface area contributed by atoms with Crippen LogP contribution in [0, 0.1) is 0 Å². The van der Waals surface area contributed by atoms with E-state index < -0.39 is 16.1 Å². The summed E-state index contributed by atoms with van der Waals surface area (Å²) in [5, 5.41) is 13.8. The van der Waals surface area contributed by atoms with E-state index in [1.165, 1.54) is 10.4 Å². The van der Waals surface area contributed by atoms with Crippen LogP contribution < -0.4 is 14.8 Å². The average Bonchev–Trinajstić information content (AvgIpc) is 3.00. The number of benzene rings is 4. The Hall–Kier alpha value is -4.05. The van der Waals surface area contributed by atoms with E-state index in [9.17, 15) is 18.3 Å². The minimum atomic E-state index is -3.91. The second kappa shape index (κ2) is 12.3. The van der Waals surface area contributed by atoms with Crippen molar-refractivity contribution < 1.29 is 27.8 Å². The zero-order valence-corrected chi connectivity index (χ0v) is 24.9. The third-order valence-corrected chi connectivity index (χ3v) is 9.80. The van der Waals surface area contributed by atoms with Gasteiger partial charge in [-0.05, 0) is 96.1 Å². The summed E-state index contributed by atoms with van der Waals surface area (Å²) in [6.07, 6.45) is 1.90. The minimum Gasteiger partial charge on any atom is -0.504 e. The van der Waals surface area contributed by atoms with Crippen molar-refractivity contribution in [3.8, 4) is 23.0 Å². The lowest BCUT2D eigenvalue weighted by molar-refractivity contribution is -0.121. The number of halogens is 1. The molecular formula is C33H31ClN2O6S. The van der Waals surface area contributed by atoms with Crippen LogP contribution in [-0.2, 0) is 27.7 Å². The molecule has 43 heavy (non-hydrogen) atoms. The van der Waals surface area contributed by atoms with Gasteiger partial charge in [-0.1, -0.05) is 41.9 Å². The van der Waals surface area contributed by atoms with Gasteiger partial charge in [0.15, 0.2) is 11.5 Å². The molecule has 222 valence electrons. The Morgan fingerprint density at radius 1 is 0.907 bits per heavy atom. The van der Waals surface area contributed by atoms with E-state index in [-0.39, 0.29) is 28.8 Å². The van der Waals surface area contributed by atoms with E-state index >= 15 is 0 Å². The molecule has 0 fully saturated rings. The molecule has 4 aromatic rings. The van der Waals surface area contributed by atoms with Gasteiger partial charge < -0.3 is 19.9 Å². The average molecular weight is 619 g/mol. The highest BCUT2D eigenvalue weighted by Crippen LogP contribution is 2.41. The van der Waals surface area contributed by atoms with Crippen LogP contribution in [0.3, 0.4) is 0 Å². The predicted molar refractivity (Wildman–Crippen MR) is 163 cm³/mol. The van der Waals surface area contributed by atoms with Crippen molar-refractivity contribution in [3.63, 3.8) is 0 Å². The fourth-order valence-corrected chi connectivity index (χ4v) is 7.41. The van der Waals surface area contributed by atoms with Gasteiger partial charge in [-0.3, -0.25) is 4.79 Å². The highest BCUT2D eigenvalue weighted by atomic mass is 35.5. The SMILES string of the molecule is O=C1CCc2ccc(O)c(c2)Oc2ccc3c(c2)CCN(S(=O)(=O)c2cccc(Cl)c2)C3c2ccc(cc2)OCCCN1. The lowest BCUT2D eigenvalue weighted by Crippen LogP contribution is -2.40. The van der Waals surface area contributed by atoms with Gasteiger partial charge in [-0.15, -0.1) is 0 Å². The van der Waals surface area contributed by atoms with Gasteiger partial charge in [-0.2, -0.15) is 4.31 Å². The molecule has 10 heteroatoms. The number of rotatable bonds is 2. The summed E-state index contributed by atoms with van der Waals surface area (Å²) in [4.78, 5) is 12.5. The van der Waals surface area contributed by atoms with E-state index in [2.05, 4.69) is 5.32 Å². The zero-order valence-electron chi connectivity index (χ0n) is 23.3. The number of phenols is 1. The molecule has 8 nitrogen and oxygen atoms in total. The molecule has 8 rings (SSSR count). The molecule has 1 atom stereocenters. The molecular weight excluding hydrogens is 588 g/mol.